The first-order chi connectivity index (χ1) is 9.93. The number of carboxylic acid groups (broad SMARTS) is 1. The number of carbonyl (C=O) groups is 2. The molecular weight excluding hydrogens is 298 g/mol. The number of halogens is 1. The van der Waals surface area contributed by atoms with Crippen LogP contribution < -0.4 is 14.8 Å². The van der Waals surface area contributed by atoms with Crippen molar-refractivity contribution in [2.45, 2.75) is 25.3 Å². The van der Waals surface area contributed by atoms with Gasteiger partial charge in [0.2, 0.25) is 0 Å². The molecule has 1 amide bonds. The second-order valence-electron chi connectivity index (χ2n) is 4.76. The maximum Gasteiger partial charge on any atom is 0.329 e. The molecule has 114 valence electrons. The van der Waals surface area contributed by atoms with Crippen LogP contribution >= 0.6 is 11.6 Å². The van der Waals surface area contributed by atoms with Crippen LogP contribution in [0.5, 0.6) is 11.5 Å². The lowest BCUT2D eigenvalue weighted by molar-refractivity contribution is -0.140. The Kier molecular flexibility index (Phi) is 4.27. The molecule has 0 bridgehead atoms. The third-order valence-electron chi connectivity index (χ3n) is 3.29. The standard InChI is InChI=1S/C14H16ClNO5/c1-3-21-11-9(15)6-8(7-10(11)20-2)12(17)16-14(4-5-14)13(18)19/h6-7H,3-5H2,1-2H3,(H,16,17)(H,18,19). The highest BCUT2D eigenvalue weighted by Gasteiger charge is 2.51. The van der Waals surface area contributed by atoms with Crippen molar-refractivity contribution in [2.75, 3.05) is 13.7 Å². The molecule has 0 unspecified atom stereocenters. The van der Waals surface area contributed by atoms with Crippen LogP contribution in [0, 0.1) is 0 Å². The summed E-state index contributed by atoms with van der Waals surface area (Å²) in [5, 5.41) is 11.8. The Morgan fingerprint density at radius 3 is 2.57 bits per heavy atom. The van der Waals surface area contributed by atoms with Crippen molar-refractivity contribution < 1.29 is 24.2 Å². The molecule has 0 heterocycles. The second-order valence-corrected chi connectivity index (χ2v) is 5.17. The predicted molar refractivity (Wildman–Crippen MR) is 76.2 cm³/mol. The first-order valence-electron chi connectivity index (χ1n) is 6.49. The number of nitrogens with one attached hydrogen (secondary N) is 1. The van der Waals surface area contributed by atoms with E-state index < -0.39 is 17.4 Å². The number of carbonyl (C=O) groups excluding carboxylic acids is 1. The number of hydrogen-bond donors (Lipinski definition) is 2. The zero-order chi connectivity index (χ0) is 15.6. The van der Waals surface area contributed by atoms with Gasteiger partial charge in [-0.3, -0.25) is 4.79 Å². The number of aliphatic carboxylic acids is 1. The smallest absolute Gasteiger partial charge is 0.329 e. The number of carboxylic acids is 1. The van der Waals surface area contributed by atoms with Gasteiger partial charge in [-0.25, -0.2) is 4.79 Å². The molecule has 6 nitrogen and oxygen atoms in total. The highest BCUT2D eigenvalue weighted by atomic mass is 35.5. The third-order valence-corrected chi connectivity index (χ3v) is 3.57. The van der Waals surface area contributed by atoms with E-state index in [0.717, 1.165) is 0 Å². The molecular formula is C14H16ClNO5. The van der Waals surface area contributed by atoms with Gasteiger partial charge in [0.1, 0.15) is 5.54 Å². The van der Waals surface area contributed by atoms with E-state index in [4.69, 9.17) is 26.2 Å². The van der Waals surface area contributed by atoms with Crippen LogP contribution in [0.15, 0.2) is 12.1 Å². The van der Waals surface area contributed by atoms with Gasteiger partial charge >= 0.3 is 5.97 Å². The summed E-state index contributed by atoms with van der Waals surface area (Å²) in [6.45, 7) is 2.21. The van der Waals surface area contributed by atoms with Crippen LogP contribution in [-0.2, 0) is 4.79 Å². The fourth-order valence-electron chi connectivity index (χ4n) is 1.94. The van der Waals surface area contributed by atoms with Gasteiger partial charge in [-0.1, -0.05) is 11.6 Å². The van der Waals surface area contributed by atoms with E-state index >= 15 is 0 Å². The Labute approximate surface area is 127 Å². The minimum absolute atomic E-state index is 0.229. The van der Waals surface area contributed by atoms with Crippen LogP contribution in [0.3, 0.4) is 0 Å². The van der Waals surface area contributed by atoms with Gasteiger partial charge in [0.25, 0.3) is 5.91 Å². The molecule has 0 aromatic heterocycles. The van der Waals surface area contributed by atoms with E-state index in [1.807, 2.05) is 0 Å². The molecule has 1 fully saturated rings. The SMILES string of the molecule is CCOc1c(Cl)cc(C(=O)NC2(C(=O)O)CC2)cc1OC. The molecule has 7 heteroatoms. The van der Waals surface area contributed by atoms with E-state index in [9.17, 15) is 9.59 Å². The Morgan fingerprint density at radius 1 is 1.43 bits per heavy atom. The van der Waals surface area contributed by atoms with Crippen molar-refractivity contribution in [2.24, 2.45) is 0 Å². The molecule has 0 aliphatic heterocycles. The van der Waals surface area contributed by atoms with Crippen molar-refractivity contribution in [3.63, 3.8) is 0 Å². The third kappa shape index (κ3) is 3.05. The van der Waals surface area contributed by atoms with Gasteiger partial charge in [-0.2, -0.15) is 0 Å². The molecule has 2 rings (SSSR count). The normalized spacial score (nSPS) is 15.2. The zero-order valence-corrected chi connectivity index (χ0v) is 12.5. The minimum Gasteiger partial charge on any atom is -0.493 e. The molecule has 1 aliphatic rings. The molecule has 0 saturated heterocycles. The zero-order valence-electron chi connectivity index (χ0n) is 11.7. The molecule has 1 saturated carbocycles. The lowest BCUT2D eigenvalue weighted by Gasteiger charge is -2.15. The van der Waals surface area contributed by atoms with Crippen LogP contribution in [0.4, 0.5) is 0 Å². The first-order valence-corrected chi connectivity index (χ1v) is 6.87. The maximum absolute atomic E-state index is 12.2. The molecule has 0 radical (unpaired) electrons. The Balaban J connectivity index is 2.26. The van der Waals surface area contributed by atoms with Crippen LogP contribution in [0.2, 0.25) is 5.02 Å². The van der Waals surface area contributed by atoms with E-state index in [1.54, 1.807) is 6.92 Å². The summed E-state index contributed by atoms with van der Waals surface area (Å²) in [6, 6.07) is 2.91. The minimum atomic E-state index is -1.14. The molecule has 1 aromatic rings. The number of rotatable bonds is 6. The summed E-state index contributed by atoms with van der Waals surface area (Å²) in [4.78, 5) is 23.3. The number of amides is 1. The number of benzene rings is 1. The van der Waals surface area contributed by atoms with Crippen molar-refractivity contribution in [3.05, 3.63) is 22.7 Å². The molecule has 0 atom stereocenters. The summed E-state index contributed by atoms with van der Waals surface area (Å²) in [6.07, 6.45) is 0.853. The first kappa shape index (κ1) is 15.4. The molecule has 1 aliphatic carbocycles. The van der Waals surface area contributed by atoms with E-state index in [0.29, 0.717) is 30.9 Å². The number of hydrogen-bond acceptors (Lipinski definition) is 4. The largest absolute Gasteiger partial charge is 0.493 e. The van der Waals surface area contributed by atoms with Gasteiger partial charge in [0, 0.05) is 5.56 Å². The van der Waals surface area contributed by atoms with Crippen molar-refractivity contribution >= 4 is 23.5 Å². The average Bonchev–Trinajstić information content (AvgIpc) is 3.21. The Bertz CT molecular complexity index is 583. The van der Waals surface area contributed by atoms with Gasteiger partial charge in [-0.15, -0.1) is 0 Å². The monoisotopic (exact) mass is 313 g/mol. The second kappa shape index (κ2) is 5.81. The summed E-state index contributed by atoms with van der Waals surface area (Å²) in [5.74, 6) is -0.842. The van der Waals surface area contributed by atoms with Crippen LogP contribution in [-0.4, -0.2) is 36.2 Å². The van der Waals surface area contributed by atoms with Crippen molar-refractivity contribution in [3.8, 4) is 11.5 Å². The Morgan fingerprint density at radius 2 is 2.10 bits per heavy atom. The van der Waals surface area contributed by atoms with Crippen LogP contribution in [0.1, 0.15) is 30.1 Å². The highest BCUT2D eigenvalue weighted by Crippen LogP contribution is 2.38. The number of methoxy groups -OCH3 is 1. The topological polar surface area (TPSA) is 84.9 Å². The van der Waals surface area contributed by atoms with E-state index in [2.05, 4.69) is 5.32 Å². The van der Waals surface area contributed by atoms with Crippen molar-refractivity contribution in [1.82, 2.24) is 5.32 Å². The van der Waals surface area contributed by atoms with E-state index in [-0.39, 0.29) is 10.6 Å². The summed E-state index contributed by atoms with van der Waals surface area (Å²) in [5.41, 5.74) is -0.914. The lowest BCUT2D eigenvalue weighted by atomic mass is 10.1. The maximum atomic E-state index is 12.2. The van der Waals surface area contributed by atoms with Gasteiger partial charge < -0.3 is 19.9 Å². The van der Waals surface area contributed by atoms with Gasteiger partial charge in [0.15, 0.2) is 11.5 Å². The fraction of sp³-hybridized carbons (Fsp3) is 0.429. The molecule has 21 heavy (non-hydrogen) atoms. The molecule has 0 spiro atoms. The fourth-order valence-corrected chi connectivity index (χ4v) is 2.21. The Hall–Kier alpha value is -1.95. The molecule has 2 N–H and O–H groups in total. The highest BCUT2D eigenvalue weighted by molar-refractivity contribution is 6.32. The summed E-state index contributed by atoms with van der Waals surface area (Å²) >= 11 is 6.08. The average molecular weight is 314 g/mol. The van der Waals surface area contributed by atoms with Crippen LogP contribution in [0.25, 0.3) is 0 Å². The lowest BCUT2D eigenvalue weighted by Crippen LogP contribution is -2.43. The van der Waals surface area contributed by atoms with E-state index in [1.165, 1.54) is 19.2 Å². The summed E-state index contributed by atoms with van der Waals surface area (Å²) in [7, 11) is 1.44. The quantitative estimate of drug-likeness (QED) is 0.840. The predicted octanol–water partition coefficient (Wildman–Crippen LogP) is 2.09. The number of ether oxygens (including phenoxy) is 2. The van der Waals surface area contributed by atoms with Crippen molar-refractivity contribution in [1.29, 1.82) is 0 Å². The molecule has 1 aromatic carbocycles. The van der Waals surface area contributed by atoms with Gasteiger partial charge in [0.05, 0.1) is 18.7 Å². The summed E-state index contributed by atoms with van der Waals surface area (Å²) < 4.78 is 10.5. The van der Waals surface area contributed by atoms with Gasteiger partial charge in [-0.05, 0) is 31.9 Å².